The number of hydrogen-bond acceptors (Lipinski definition) is 5. The molecule has 0 fully saturated rings. The van der Waals surface area contributed by atoms with Crippen LogP contribution in [0.4, 0.5) is 5.69 Å². The molecule has 0 radical (unpaired) electrons. The number of nitrogens with one attached hydrogen (secondary N) is 1. The summed E-state index contributed by atoms with van der Waals surface area (Å²) in [4.78, 5) is 24.1. The van der Waals surface area contributed by atoms with Gasteiger partial charge in [-0.2, -0.15) is 0 Å². The van der Waals surface area contributed by atoms with Gasteiger partial charge in [-0.05, 0) is 24.1 Å². The van der Waals surface area contributed by atoms with Gasteiger partial charge in [0, 0.05) is 11.8 Å². The first-order valence-corrected chi connectivity index (χ1v) is 7.77. The average molecular weight is 338 g/mol. The minimum Gasteiger partial charge on any atom is -0.478 e. The molecule has 4 N–H and O–H groups in total. The molecule has 0 unspecified atom stereocenters. The van der Waals surface area contributed by atoms with Crippen LogP contribution in [0.15, 0.2) is 63.8 Å². The Kier molecular flexibility index (Phi) is 4.29. The molecule has 1 atom stereocenters. The quantitative estimate of drug-likeness (QED) is 0.487. The molecule has 1 heterocycles. The first kappa shape index (κ1) is 16.7. The Morgan fingerprint density at radius 2 is 1.80 bits per heavy atom. The molecule has 6 nitrogen and oxygen atoms in total. The Labute approximate surface area is 143 Å². The summed E-state index contributed by atoms with van der Waals surface area (Å²) in [5.41, 5.74) is 5.43. The van der Waals surface area contributed by atoms with Crippen molar-refractivity contribution in [1.82, 2.24) is 0 Å². The number of carboxylic acid groups (broad SMARTS) is 1. The summed E-state index contributed by atoms with van der Waals surface area (Å²) in [6.45, 7) is 1.73. The maximum atomic E-state index is 12.3. The van der Waals surface area contributed by atoms with E-state index in [1.807, 2.05) is 12.1 Å². The smallest absolute Gasteiger partial charge is 0.360 e. The van der Waals surface area contributed by atoms with Crippen LogP contribution >= 0.6 is 0 Å². The molecule has 0 bridgehead atoms. The number of aliphatic carboxylic acids is 1. The Hall–Kier alpha value is -3.12. The highest BCUT2D eigenvalue weighted by Gasteiger charge is 2.35. The van der Waals surface area contributed by atoms with Gasteiger partial charge in [-0.3, -0.25) is 5.73 Å². The summed E-state index contributed by atoms with van der Waals surface area (Å²) >= 11 is 0. The van der Waals surface area contributed by atoms with E-state index in [0.717, 1.165) is 10.9 Å². The summed E-state index contributed by atoms with van der Waals surface area (Å²) in [7, 11) is 0. The fourth-order valence-electron chi connectivity index (χ4n) is 2.76. The van der Waals surface area contributed by atoms with Gasteiger partial charge < -0.3 is 14.8 Å². The van der Waals surface area contributed by atoms with Gasteiger partial charge in [0.1, 0.15) is 11.3 Å². The molecule has 0 saturated carbocycles. The third-order valence-electron chi connectivity index (χ3n) is 4.13. The summed E-state index contributed by atoms with van der Waals surface area (Å²) in [5, 5.41) is 13.1. The van der Waals surface area contributed by atoms with Crippen LogP contribution in [-0.4, -0.2) is 16.7 Å². The summed E-state index contributed by atoms with van der Waals surface area (Å²) in [6, 6.07) is 16.1. The minimum atomic E-state index is -1.84. The molecule has 3 rings (SSSR count). The van der Waals surface area contributed by atoms with E-state index in [1.165, 1.54) is 0 Å². The van der Waals surface area contributed by atoms with Crippen molar-refractivity contribution in [1.29, 1.82) is 0 Å². The van der Waals surface area contributed by atoms with Crippen LogP contribution in [0.2, 0.25) is 0 Å². The first-order chi connectivity index (χ1) is 11.9. The fourth-order valence-corrected chi connectivity index (χ4v) is 2.76. The van der Waals surface area contributed by atoms with Gasteiger partial charge in [0.25, 0.3) is 0 Å². The average Bonchev–Trinajstić information content (AvgIpc) is 2.59. The predicted molar refractivity (Wildman–Crippen MR) is 95.5 cm³/mol. The van der Waals surface area contributed by atoms with Crippen molar-refractivity contribution in [3.8, 4) is 0 Å². The third kappa shape index (κ3) is 3.25. The highest BCUT2D eigenvalue weighted by Crippen LogP contribution is 2.24. The lowest BCUT2D eigenvalue weighted by atomic mass is 9.99. The van der Waals surface area contributed by atoms with E-state index < -0.39 is 17.3 Å². The highest BCUT2D eigenvalue weighted by molar-refractivity contribution is 5.87. The number of benzene rings is 2. The van der Waals surface area contributed by atoms with E-state index in [2.05, 4.69) is 5.32 Å². The lowest BCUT2D eigenvalue weighted by Crippen LogP contribution is -2.57. The first-order valence-electron chi connectivity index (χ1n) is 7.77. The lowest BCUT2D eigenvalue weighted by Gasteiger charge is -2.27. The second-order valence-electron chi connectivity index (χ2n) is 5.95. The second kappa shape index (κ2) is 6.41. The van der Waals surface area contributed by atoms with Crippen LogP contribution in [0.3, 0.4) is 0 Å². The van der Waals surface area contributed by atoms with Crippen LogP contribution in [0.5, 0.6) is 0 Å². The van der Waals surface area contributed by atoms with Crippen LogP contribution in [0, 0.1) is 6.92 Å². The second-order valence-corrected chi connectivity index (χ2v) is 5.95. The lowest BCUT2D eigenvalue weighted by molar-refractivity contribution is -0.142. The molecule has 3 aromatic rings. The van der Waals surface area contributed by atoms with Gasteiger partial charge in [-0.1, -0.05) is 48.5 Å². The number of carboxylic acids is 1. The van der Waals surface area contributed by atoms with Crippen molar-refractivity contribution < 1.29 is 14.3 Å². The fraction of sp³-hybridized carbons (Fsp3) is 0.158. The zero-order valence-electron chi connectivity index (χ0n) is 13.7. The molecule has 0 spiro atoms. The maximum absolute atomic E-state index is 12.3. The normalized spacial score (nSPS) is 13.4. The van der Waals surface area contributed by atoms with Gasteiger partial charge in [-0.15, -0.1) is 0 Å². The monoisotopic (exact) mass is 338 g/mol. The zero-order chi connectivity index (χ0) is 18.0. The number of hydrogen-bond donors (Lipinski definition) is 3. The molecule has 0 aliphatic carbocycles. The molecular formula is C19H18N2O4. The molecule has 128 valence electrons. The largest absolute Gasteiger partial charge is 0.478 e. The SMILES string of the molecule is Cc1c(N[C@@](N)(Cc2ccccc2)C(=O)O)c(=O)oc2ccccc12. The van der Waals surface area contributed by atoms with Crippen molar-refractivity contribution in [2.45, 2.75) is 19.0 Å². The van der Waals surface area contributed by atoms with Crippen LogP contribution in [0.1, 0.15) is 11.1 Å². The number of nitrogens with two attached hydrogens (primary N) is 1. The predicted octanol–water partition coefficient (Wildman–Crippen LogP) is 2.50. The molecule has 0 aliphatic heterocycles. The van der Waals surface area contributed by atoms with E-state index in [0.29, 0.717) is 11.1 Å². The number of aryl methyl sites for hydroxylation is 1. The molecule has 2 aromatic carbocycles. The molecule has 0 saturated heterocycles. The van der Waals surface area contributed by atoms with E-state index in [1.54, 1.807) is 49.4 Å². The van der Waals surface area contributed by atoms with E-state index in [9.17, 15) is 14.7 Å². The molecule has 0 aliphatic rings. The van der Waals surface area contributed by atoms with Crippen LogP contribution in [0.25, 0.3) is 11.0 Å². The summed E-state index contributed by atoms with van der Waals surface area (Å²) in [6.07, 6.45) is 0.00881. The van der Waals surface area contributed by atoms with E-state index in [-0.39, 0.29) is 12.1 Å². The topological polar surface area (TPSA) is 106 Å². The third-order valence-corrected chi connectivity index (χ3v) is 4.13. The van der Waals surface area contributed by atoms with Gasteiger partial charge in [0.05, 0.1) is 0 Å². The van der Waals surface area contributed by atoms with Crippen molar-refractivity contribution in [3.05, 3.63) is 76.1 Å². The van der Waals surface area contributed by atoms with Crippen LogP contribution < -0.4 is 16.7 Å². The molecule has 1 aromatic heterocycles. The summed E-state index contributed by atoms with van der Waals surface area (Å²) in [5.74, 6) is -1.26. The highest BCUT2D eigenvalue weighted by atomic mass is 16.4. The van der Waals surface area contributed by atoms with E-state index >= 15 is 0 Å². The molecule has 0 amide bonds. The minimum absolute atomic E-state index is 0.00881. The molecule has 6 heteroatoms. The summed E-state index contributed by atoms with van der Waals surface area (Å²) < 4.78 is 5.28. The zero-order valence-corrected chi connectivity index (χ0v) is 13.7. The Morgan fingerprint density at radius 1 is 1.16 bits per heavy atom. The van der Waals surface area contributed by atoms with Crippen LogP contribution in [-0.2, 0) is 11.2 Å². The number of rotatable bonds is 5. The van der Waals surface area contributed by atoms with Gasteiger partial charge in [0.15, 0.2) is 5.66 Å². The maximum Gasteiger partial charge on any atom is 0.360 e. The molecular weight excluding hydrogens is 320 g/mol. The Morgan fingerprint density at radius 3 is 2.48 bits per heavy atom. The van der Waals surface area contributed by atoms with Crippen molar-refractivity contribution in [2.75, 3.05) is 5.32 Å². The molecule has 25 heavy (non-hydrogen) atoms. The van der Waals surface area contributed by atoms with Gasteiger partial charge >= 0.3 is 11.6 Å². The number of para-hydroxylation sites is 1. The standard InChI is InChI=1S/C19H18N2O4/c1-12-14-9-5-6-10-15(14)25-17(22)16(12)21-19(20,18(23)24)11-13-7-3-2-4-8-13/h2-10,21H,11,20H2,1H3,(H,23,24)/t19-/m0/s1. The number of carbonyl (C=O) groups is 1. The van der Waals surface area contributed by atoms with Gasteiger partial charge in [0.2, 0.25) is 0 Å². The van der Waals surface area contributed by atoms with E-state index in [4.69, 9.17) is 10.2 Å². The Bertz CT molecular complexity index is 982. The van der Waals surface area contributed by atoms with Crippen molar-refractivity contribution in [2.24, 2.45) is 5.73 Å². The van der Waals surface area contributed by atoms with Gasteiger partial charge in [-0.25, -0.2) is 9.59 Å². The van der Waals surface area contributed by atoms with Crippen molar-refractivity contribution in [3.63, 3.8) is 0 Å². The van der Waals surface area contributed by atoms with Crippen molar-refractivity contribution >= 4 is 22.6 Å². The Balaban J connectivity index is 2.05. The number of anilines is 1. The number of fused-ring (bicyclic) bond motifs is 1.